The number of aliphatic hydroxyl groups is 2. The summed E-state index contributed by atoms with van der Waals surface area (Å²) in [4.78, 5) is 13.9. The number of aliphatic hydroxyl groups excluding tert-OH is 2. The van der Waals surface area contributed by atoms with E-state index in [0.717, 1.165) is 0 Å². The Bertz CT molecular complexity index is 173. The first-order valence-electron chi connectivity index (χ1n) is 3.37. The minimum absolute atomic E-state index is 0.0760. The van der Waals surface area contributed by atoms with Gasteiger partial charge >= 0.3 is 0 Å². The fourth-order valence-electron chi connectivity index (χ4n) is 1.02. The van der Waals surface area contributed by atoms with Crippen LogP contribution in [0.25, 0.3) is 0 Å². The van der Waals surface area contributed by atoms with Crippen molar-refractivity contribution in [2.45, 2.75) is 18.3 Å². The second-order valence-electron chi connectivity index (χ2n) is 2.41. The fraction of sp³-hybridized carbons (Fsp3) is 1.00. The molecule has 0 aromatic heterocycles. The van der Waals surface area contributed by atoms with E-state index in [1.54, 1.807) is 0 Å². The van der Waals surface area contributed by atoms with E-state index >= 15 is 0 Å². The molecule has 7 nitrogen and oxygen atoms in total. The molecule has 70 valence electrons. The summed E-state index contributed by atoms with van der Waals surface area (Å²) in [6.07, 6.45) is -2.91. The molecule has 12 heavy (non-hydrogen) atoms. The Labute approximate surface area is 67.6 Å². The monoisotopic (exact) mass is 179 g/mol. The van der Waals surface area contributed by atoms with E-state index in [1.807, 2.05) is 0 Å². The fourth-order valence-corrected chi connectivity index (χ4v) is 1.02. The Kier molecular flexibility index (Phi) is 2.79. The number of nitrogens with zero attached hydrogens (tertiary/aromatic N) is 1. The minimum atomic E-state index is -1.14. The standard InChI is InChI=1S/C5H9NO6/c7-1-3-5(8)4(2-11-3)12-6(9)10/h3-5,7-8H,1-2H2. The van der Waals surface area contributed by atoms with Crippen molar-refractivity contribution in [1.82, 2.24) is 0 Å². The molecule has 0 aromatic rings. The lowest BCUT2D eigenvalue weighted by molar-refractivity contribution is -0.769. The van der Waals surface area contributed by atoms with Crippen molar-refractivity contribution in [2.75, 3.05) is 13.2 Å². The molecule has 3 atom stereocenters. The lowest BCUT2D eigenvalue weighted by Crippen LogP contribution is -2.35. The number of hydrogen-bond acceptors (Lipinski definition) is 6. The number of rotatable bonds is 3. The molecule has 3 unspecified atom stereocenters. The van der Waals surface area contributed by atoms with E-state index in [-0.39, 0.29) is 13.2 Å². The topological polar surface area (TPSA) is 102 Å². The van der Waals surface area contributed by atoms with Crippen molar-refractivity contribution in [2.24, 2.45) is 0 Å². The molecule has 0 bridgehead atoms. The van der Waals surface area contributed by atoms with Crippen LogP contribution in [0.5, 0.6) is 0 Å². The molecular weight excluding hydrogens is 170 g/mol. The minimum Gasteiger partial charge on any atom is -0.394 e. The molecule has 1 heterocycles. The van der Waals surface area contributed by atoms with E-state index in [9.17, 15) is 15.2 Å². The lowest BCUT2D eigenvalue weighted by atomic mass is 10.2. The Balaban J connectivity index is 2.43. The lowest BCUT2D eigenvalue weighted by Gasteiger charge is -2.13. The molecule has 0 saturated carbocycles. The first-order valence-corrected chi connectivity index (χ1v) is 3.37. The van der Waals surface area contributed by atoms with Crippen molar-refractivity contribution < 1.29 is 24.9 Å². The number of hydrogen-bond donors (Lipinski definition) is 2. The summed E-state index contributed by atoms with van der Waals surface area (Å²) in [5.74, 6) is 0. The van der Waals surface area contributed by atoms with Gasteiger partial charge in [-0.25, -0.2) is 0 Å². The van der Waals surface area contributed by atoms with Crippen molar-refractivity contribution >= 4 is 0 Å². The van der Waals surface area contributed by atoms with Crippen LogP contribution in [0, 0.1) is 10.1 Å². The van der Waals surface area contributed by atoms with Crippen LogP contribution in [-0.4, -0.2) is 46.8 Å². The van der Waals surface area contributed by atoms with Gasteiger partial charge in [-0.15, -0.1) is 10.1 Å². The molecule has 0 radical (unpaired) electrons. The molecule has 0 amide bonds. The van der Waals surface area contributed by atoms with Crippen LogP contribution in [-0.2, 0) is 9.57 Å². The summed E-state index contributed by atoms with van der Waals surface area (Å²) < 4.78 is 4.80. The normalized spacial score (nSPS) is 35.0. The zero-order chi connectivity index (χ0) is 9.14. The summed E-state index contributed by atoms with van der Waals surface area (Å²) >= 11 is 0. The molecule has 1 aliphatic rings. The van der Waals surface area contributed by atoms with Gasteiger partial charge in [-0.05, 0) is 0 Å². The highest BCUT2D eigenvalue weighted by atomic mass is 17.0. The van der Waals surface area contributed by atoms with Crippen molar-refractivity contribution in [3.8, 4) is 0 Å². The largest absolute Gasteiger partial charge is 0.394 e. The van der Waals surface area contributed by atoms with Gasteiger partial charge < -0.3 is 19.8 Å². The Morgan fingerprint density at radius 3 is 2.83 bits per heavy atom. The first-order chi connectivity index (χ1) is 5.65. The number of ether oxygens (including phenoxy) is 1. The summed E-state index contributed by atoms with van der Waals surface area (Å²) in [7, 11) is 0. The molecular formula is C5H9NO6. The Morgan fingerprint density at radius 1 is 1.75 bits per heavy atom. The summed E-state index contributed by atoms with van der Waals surface area (Å²) in [5.41, 5.74) is 0. The maximum Gasteiger partial charge on any atom is 0.294 e. The predicted octanol–water partition coefficient (Wildman–Crippen LogP) is -1.68. The molecule has 1 rings (SSSR count). The van der Waals surface area contributed by atoms with Crippen LogP contribution in [0.4, 0.5) is 0 Å². The van der Waals surface area contributed by atoms with Gasteiger partial charge in [-0.1, -0.05) is 0 Å². The molecule has 0 aromatic carbocycles. The van der Waals surface area contributed by atoms with E-state index in [4.69, 9.17) is 9.84 Å². The third kappa shape index (κ3) is 1.81. The third-order valence-electron chi connectivity index (χ3n) is 1.64. The molecule has 7 heteroatoms. The average Bonchev–Trinajstić information content (AvgIpc) is 2.32. The summed E-state index contributed by atoms with van der Waals surface area (Å²) in [6.45, 7) is -0.452. The van der Waals surface area contributed by atoms with Gasteiger partial charge in [0.25, 0.3) is 5.09 Å². The van der Waals surface area contributed by atoms with Crippen LogP contribution in [0.1, 0.15) is 0 Å². The van der Waals surface area contributed by atoms with Crippen LogP contribution in [0.15, 0.2) is 0 Å². The van der Waals surface area contributed by atoms with Crippen LogP contribution < -0.4 is 0 Å². The van der Waals surface area contributed by atoms with Gasteiger partial charge in [0.1, 0.15) is 12.2 Å². The molecule has 0 aliphatic carbocycles. The smallest absolute Gasteiger partial charge is 0.294 e. The Hall–Kier alpha value is -0.920. The van der Waals surface area contributed by atoms with Crippen molar-refractivity contribution in [3.63, 3.8) is 0 Å². The van der Waals surface area contributed by atoms with Crippen LogP contribution in [0.3, 0.4) is 0 Å². The van der Waals surface area contributed by atoms with Gasteiger partial charge in [-0.3, -0.25) is 0 Å². The zero-order valence-electron chi connectivity index (χ0n) is 6.12. The van der Waals surface area contributed by atoms with Gasteiger partial charge in [0, 0.05) is 0 Å². The van der Waals surface area contributed by atoms with Gasteiger partial charge in [0.2, 0.25) is 0 Å². The van der Waals surface area contributed by atoms with E-state index in [2.05, 4.69) is 4.84 Å². The van der Waals surface area contributed by atoms with Gasteiger partial charge in [-0.2, -0.15) is 0 Å². The highest BCUT2D eigenvalue weighted by molar-refractivity contribution is 4.82. The van der Waals surface area contributed by atoms with E-state index in [0.29, 0.717) is 0 Å². The second kappa shape index (κ2) is 3.65. The van der Waals surface area contributed by atoms with Gasteiger partial charge in [0.05, 0.1) is 13.2 Å². The van der Waals surface area contributed by atoms with E-state index < -0.39 is 23.4 Å². The molecule has 2 N–H and O–H groups in total. The van der Waals surface area contributed by atoms with Gasteiger partial charge in [0.15, 0.2) is 6.10 Å². The van der Waals surface area contributed by atoms with Crippen LogP contribution >= 0.6 is 0 Å². The summed E-state index contributed by atoms with van der Waals surface area (Å²) in [6, 6.07) is 0. The summed E-state index contributed by atoms with van der Waals surface area (Å²) in [5, 5.41) is 26.6. The highest BCUT2D eigenvalue weighted by Gasteiger charge is 2.37. The predicted molar refractivity (Wildman–Crippen MR) is 34.7 cm³/mol. The quantitative estimate of drug-likeness (QED) is 0.396. The SMILES string of the molecule is O=[N+]([O-])OC1COC(CO)C1O. The van der Waals surface area contributed by atoms with E-state index in [1.165, 1.54) is 0 Å². The molecule has 1 saturated heterocycles. The molecule has 0 spiro atoms. The highest BCUT2D eigenvalue weighted by Crippen LogP contribution is 2.16. The first kappa shape index (κ1) is 9.17. The molecule has 1 fully saturated rings. The van der Waals surface area contributed by atoms with Crippen molar-refractivity contribution in [3.05, 3.63) is 10.1 Å². The second-order valence-corrected chi connectivity index (χ2v) is 2.41. The maximum atomic E-state index is 9.85. The average molecular weight is 179 g/mol. The van der Waals surface area contributed by atoms with Crippen LogP contribution in [0.2, 0.25) is 0 Å². The maximum absolute atomic E-state index is 9.85. The zero-order valence-corrected chi connectivity index (χ0v) is 6.12. The Morgan fingerprint density at radius 2 is 2.42 bits per heavy atom. The van der Waals surface area contributed by atoms with Crippen molar-refractivity contribution in [1.29, 1.82) is 0 Å². The molecule has 1 aliphatic heterocycles. The third-order valence-corrected chi connectivity index (χ3v) is 1.64.